The quantitative estimate of drug-likeness (QED) is 0.634. The average Bonchev–Trinajstić information content (AvgIpc) is 3.18. The summed E-state index contributed by atoms with van der Waals surface area (Å²) < 4.78 is 27.9. The molecular formula is C20H16F2N4O3. The molecule has 0 unspecified atom stereocenters. The minimum absolute atomic E-state index is 0.0456. The second-order valence-corrected chi connectivity index (χ2v) is 6.76. The number of fused-ring (bicyclic) bond motifs is 2. The normalized spacial score (nSPS) is 13.5. The fraction of sp³-hybridized carbons (Fsp3) is 0.200. The van der Waals surface area contributed by atoms with Crippen molar-refractivity contribution in [3.8, 4) is 0 Å². The first kappa shape index (κ1) is 18.7. The summed E-state index contributed by atoms with van der Waals surface area (Å²) in [6, 6.07) is 10.7. The van der Waals surface area contributed by atoms with E-state index >= 15 is 0 Å². The van der Waals surface area contributed by atoms with Crippen molar-refractivity contribution in [1.82, 2.24) is 19.4 Å². The average molecular weight is 398 g/mol. The Labute approximate surface area is 164 Å². The highest BCUT2D eigenvalue weighted by Crippen LogP contribution is 2.25. The Bertz CT molecular complexity index is 1170. The molecule has 2 aromatic carbocycles. The van der Waals surface area contributed by atoms with Crippen LogP contribution in [0.15, 0.2) is 42.5 Å². The van der Waals surface area contributed by atoms with Gasteiger partial charge >= 0.3 is 6.55 Å². The van der Waals surface area contributed by atoms with E-state index in [0.717, 1.165) is 9.47 Å². The second-order valence-electron chi connectivity index (χ2n) is 6.76. The summed E-state index contributed by atoms with van der Waals surface area (Å²) in [5.74, 6) is -1.34. The van der Waals surface area contributed by atoms with E-state index in [1.165, 1.54) is 37.2 Å². The molecule has 3 amide bonds. The first-order valence-electron chi connectivity index (χ1n) is 8.75. The van der Waals surface area contributed by atoms with Crippen LogP contribution in [-0.4, -0.2) is 51.2 Å². The van der Waals surface area contributed by atoms with Crippen LogP contribution >= 0.6 is 0 Å². The third-order valence-corrected chi connectivity index (χ3v) is 4.93. The van der Waals surface area contributed by atoms with E-state index in [9.17, 15) is 23.2 Å². The summed E-state index contributed by atoms with van der Waals surface area (Å²) in [6.45, 7) is -2.96. The smallest absolute Gasteiger partial charge is 0.320 e. The van der Waals surface area contributed by atoms with Crippen molar-refractivity contribution >= 4 is 28.8 Å². The van der Waals surface area contributed by atoms with Crippen LogP contribution in [0.2, 0.25) is 0 Å². The van der Waals surface area contributed by atoms with Gasteiger partial charge in [0.2, 0.25) is 0 Å². The molecule has 0 N–H and O–H groups in total. The van der Waals surface area contributed by atoms with Gasteiger partial charge in [0.05, 0.1) is 28.7 Å². The van der Waals surface area contributed by atoms with Gasteiger partial charge in [0.1, 0.15) is 5.82 Å². The molecule has 0 spiro atoms. The maximum Gasteiger partial charge on any atom is 0.320 e. The predicted molar refractivity (Wildman–Crippen MR) is 99.6 cm³/mol. The van der Waals surface area contributed by atoms with Crippen LogP contribution in [0.4, 0.5) is 8.78 Å². The molecule has 3 aromatic rings. The van der Waals surface area contributed by atoms with Crippen molar-refractivity contribution < 1.29 is 23.2 Å². The van der Waals surface area contributed by atoms with Gasteiger partial charge in [-0.05, 0) is 30.3 Å². The van der Waals surface area contributed by atoms with Gasteiger partial charge in [0.15, 0.2) is 0 Å². The highest BCUT2D eigenvalue weighted by Gasteiger charge is 2.33. The highest BCUT2D eigenvalue weighted by molar-refractivity contribution is 6.21. The molecule has 0 saturated heterocycles. The topological polar surface area (TPSA) is 75.5 Å². The molecule has 29 heavy (non-hydrogen) atoms. The molecule has 0 aliphatic carbocycles. The van der Waals surface area contributed by atoms with E-state index in [1.807, 2.05) is 0 Å². The maximum absolute atomic E-state index is 13.6. The number of hydrogen-bond acceptors (Lipinski definition) is 4. The molecule has 9 heteroatoms. The number of aromatic nitrogens is 2. The molecule has 2 heterocycles. The Kier molecular flexibility index (Phi) is 4.37. The van der Waals surface area contributed by atoms with Gasteiger partial charge in [-0.25, -0.2) is 4.98 Å². The van der Waals surface area contributed by atoms with Crippen molar-refractivity contribution in [1.29, 1.82) is 0 Å². The molecule has 4 rings (SSSR count). The van der Waals surface area contributed by atoms with Crippen LogP contribution in [-0.2, 0) is 6.54 Å². The standard InChI is InChI=1S/C20H16F2N4O3/c1-24(10-16-23-14-5-3-4-6-15(14)26(16)20(21)22)17(27)11-7-8-12-13(9-11)19(29)25(2)18(12)28/h3-9,20H,10H2,1-2H3. The number of amides is 3. The predicted octanol–water partition coefficient (Wildman–Crippen LogP) is 2.93. The lowest BCUT2D eigenvalue weighted by molar-refractivity contribution is 0.0646. The van der Waals surface area contributed by atoms with E-state index in [4.69, 9.17) is 0 Å². The zero-order valence-corrected chi connectivity index (χ0v) is 15.6. The van der Waals surface area contributed by atoms with Gasteiger partial charge in [-0.3, -0.25) is 23.9 Å². The number of carbonyl (C=O) groups excluding carboxylic acids is 3. The summed E-state index contributed by atoms with van der Waals surface area (Å²) in [7, 11) is 2.83. The summed E-state index contributed by atoms with van der Waals surface area (Å²) in [5.41, 5.74) is 1.26. The SMILES string of the molecule is CN(Cc1nc2ccccc2n1C(F)F)C(=O)c1ccc2c(c1)C(=O)N(C)C2=O. The van der Waals surface area contributed by atoms with Crippen molar-refractivity contribution in [2.24, 2.45) is 0 Å². The summed E-state index contributed by atoms with van der Waals surface area (Å²) in [5, 5.41) is 0. The van der Waals surface area contributed by atoms with E-state index < -0.39 is 24.3 Å². The molecule has 0 saturated carbocycles. The van der Waals surface area contributed by atoms with Crippen LogP contribution in [0.3, 0.4) is 0 Å². The Morgan fingerprint density at radius 3 is 2.52 bits per heavy atom. The number of imide groups is 1. The molecule has 0 radical (unpaired) electrons. The molecule has 7 nitrogen and oxygen atoms in total. The first-order valence-corrected chi connectivity index (χ1v) is 8.75. The number of hydrogen-bond donors (Lipinski definition) is 0. The van der Waals surface area contributed by atoms with Gasteiger partial charge in [0.25, 0.3) is 17.7 Å². The first-order chi connectivity index (χ1) is 13.8. The van der Waals surface area contributed by atoms with Crippen LogP contribution in [0, 0.1) is 0 Å². The van der Waals surface area contributed by atoms with E-state index in [1.54, 1.807) is 24.3 Å². The van der Waals surface area contributed by atoms with Gasteiger partial charge < -0.3 is 4.90 Å². The Morgan fingerprint density at radius 1 is 1.10 bits per heavy atom. The number of rotatable bonds is 4. The van der Waals surface area contributed by atoms with Crippen LogP contribution in [0.5, 0.6) is 0 Å². The summed E-state index contributed by atoms with van der Waals surface area (Å²) in [4.78, 5) is 43.4. The number of alkyl halides is 2. The Morgan fingerprint density at radius 2 is 1.79 bits per heavy atom. The second kappa shape index (κ2) is 6.77. The third kappa shape index (κ3) is 2.95. The number of para-hydroxylation sites is 2. The molecule has 0 fully saturated rings. The van der Waals surface area contributed by atoms with Crippen LogP contribution in [0.25, 0.3) is 11.0 Å². The van der Waals surface area contributed by atoms with Crippen molar-refractivity contribution in [2.45, 2.75) is 13.1 Å². The van der Waals surface area contributed by atoms with E-state index in [0.29, 0.717) is 5.52 Å². The van der Waals surface area contributed by atoms with Crippen molar-refractivity contribution in [2.75, 3.05) is 14.1 Å². The van der Waals surface area contributed by atoms with Gasteiger partial charge in [-0.1, -0.05) is 12.1 Å². The minimum atomic E-state index is -2.81. The molecule has 1 aromatic heterocycles. The fourth-order valence-corrected chi connectivity index (χ4v) is 3.42. The zero-order chi connectivity index (χ0) is 20.9. The highest BCUT2D eigenvalue weighted by atomic mass is 19.3. The van der Waals surface area contributed by atoms with Gasteiger partial charge in [-0.15, -0.1) is 0 Å². The largest absolute Gasteiger partial charge is 0.334 e. The van der Waals surface area contributed by atoms with E-state index in [-0.39, 0.29) is 34.6 Å². The molecule has 1 aliphatic heterocycles. The molecule has 1 aliphatic rings. The molecule has 0 bridgehead atoms. The fourth-order valence-electron chi connectivity index (χ4n) is 3.42. The summed E-state index contributed by atoms with van der Waals surface area (Å²) in [6.07, 6.45) is 0. The summed E-state index contributed by atoms with van der Waals surface area (Å²) >= 11 is 0. The Balaban J connectivity index is 1.64. The van der Waals surface area contributed by atoms with Gasteiger partial charge in [-0.2, -0.15) is 8.78 Å². The number of nitrogens with zero attached hydrogens (tertiary/aromatic N) is 4. The zero-order valence-electron chi connectivity index (χ0n) is 15.6. The maximum atomic E-state index is 13.6. The van der Waals surface area contributed by atoms with E-state index in [2.05, 4.69) is 4.98 Å². The third-order valence-electron chi connectivity index (χ3n) is 4.93. The lowest BCUT2D eigenvalue weighted by atomic mass is 10.0. The number of halogens is 2. The number of imidazole rings is 1. The molecule has 0 atom stereocenters. The van der Waals surface area contributed by atoms with Crippen LogP contribution < -0.4 is 0 Å². The molecular weight excluding hydrogens is 382 g/mol. The van der Waals surface area contributed by atoms with Crippen molar-refractivity contribution in [3.63, 3.8) is 0 Å². The minimum Gasteiger partial charge on any atom is -0.334 e. The van der Waals surface area contributed by atoms with Crippen molar-refractivity contribution in [3.05, 3.63) is 65.0 Å². The molecule has 148 valence electrons. The lowest BCUT2D eigenvalue weighted by Gasteiger charge is -2.18. The Hall–Kier alpha value is -3.62. The monoisotopic (exact) mass is 398 g/mol. The van der Waals surface area contributed by atoms with Crippen LogP contribution in [0.1, 0.15) is 43.4 Å². The number of benzene rings is 2. The van der Waals surface area contributed by atoms with Gasteiger partial charge in [0, 0.05) is 19.7 Å². The lowest BCUT2D eigenvalue weighted by Crippen LogP contribution is -2.28. The number of carbonyl (C=O) groups is 3.